The minimum absolute atomic E-state index is 0.138. The number of halogens is 3. The molecule has 7 nitrogen and oxygen atoms in total. The summed E-state index contributed by atoms with van der Waals surface area (Å²) in [4.78, 5) is 33.7. The molecule has 1 saturated heterocycles. The number of nitrogens with one attached hydrogen (secondary N) is 1. The highest BCUT2D eigenvalue weighted by molar-refractivity contribution is 6.23. The van der Waals surface area contributed by atoms with Gasteiger partial charge in [-0.2, -0.15) is 0 Å². The summed E-state index contributed by atoms with van der Waals surface area (Å²) in [7, 11) is 1.47. The van der Waals surface area contributed by atoms with Crippen LogP contribution in [0.25, 0.3) is 0 Å². The molecule has 3 rings (SSSR count). The van der Waals surface area contributed by atoms with Gasteiger partial charge in [0.05, 0.1) is 12.8 Å². The highest BCUT2D eigenvalue weighted by atomic mass is 19.4. The van der Waals surface area contributed by atoms with Gasteiger partial charge in [0, 0.05) is 12.7 Å². The second-order valence-electron chi connectivity index (χ2n) is 7.81. The van der Waals surface area contributed by atoms with Gasteiger partial charge in [-0.3, -0.25) is 15.1 Å². The minimum Gasteiger partial charge on any atom is -0.406 e. The van der Waals surface area contributed by atoms with Crippen LogP contribution in [0.1, 0.15) is 20.3 Å². The average Bonchev–Trinajstić information content (AvgIpc) is 2.92. The molecule has 1 aromatic carbocycles. The van der Waals surface area contributed by atoms with E-state index in [0.717, 1.165) is 28.2 Å². The van der Waals surface area contributed by atoms with Crippen molar-refractivity contribution in [2.45, 2.75) is 32.2 Å². The van der Waals surface area contributed by atoms with E-state index in [1.54, 1.807) is 26.1 Å². The number of urea groups is 1. The predicted octanol–water partition coefficient (Wildman–Crippen LogP) is 4.61. The molecule has 1 heterocycles. The lowest BCUT2D eigenvalue weighted by Crippen LogP contribution is -2.45. The molecule has 0 atom stereocenters. The minimum atomic E-state index is -4.84. The van der Waals surface area contributed by atoms with Gasteiger partial charge in [0.15, 0.2) is 0 Å². The maximum Gasteiger partial charge on any atom is 0.573 e. The lowest BCUT2D eigenvalue weighted by Gasteiger charge is -2.29. The van der Waals surface area contributed by atoms with Crippen molar-refractivity contribution in [2.24, 2.45) is 0 Å². The standard InChI is InChI=1S/C23H24F3N3O4/c1-22(2)20(30)29(18-9-11-19(12-10-18)33-23(24,25)26)21(31)28(22)15-17(13-14-27-32-3)16-7-5-4-6-8-16/h4-7,9-14,27H,8,15H2,1-3H3/b14-13-,17-16+. The molecule has 1 aromatic rings. The van der Waals surface area contributed by atoms with E-state index in [-0.39, 0.29) is 12.2 Å². The Balaban J connectivity index is 1.89. The Labute approximate surface area is 189 Å². The number of hydrogen-bond acceptors (Lipinski definition) is 5. The number of hydroxylamine groups is 1. The lowest BCUT2D eigenvalue weighted by atomic mass is 9.98. The number of alkyl halides is 3. The molecule has 1 N–H and O–H groups in total. The summed E-state index contributed by atoms with van der Waals surface area (Å²) in [5.41, 5.74) is 3.35. The molecular weight excluding hydrogens is 439 g/mol. The van der Waals surface area contributed by atoms with Crippen LogP contribution in [0.4, 0.5) is 23.7 Å². The first-order chi connectivity index (χ1) is 15.5. The van der Waals surface area contributed by atoms with Gasteiger partial charge >= 0.3 is 12.4 Å². The quantitative estimate of drug-likeness (QED) is 0.472. The van der Waals surface area contributed by atoms with Gasteiger partial charge in [0.2, 0.25) is 0 Å². The van der Waals surface area contributed by atoms with Crippen LogP contribution in [-0.4, -0.2) is 42.4 Å². The van der Waals surface area contributed by atoms with E-state index in [0.29, 0.717) is 6.42 Å². The Morgan fingerprint density at radius 1 is 1.18 bits per heavy atom. The molecule has 1 aliphatic heterocycles. The van der Waals surface area contributed by atoms with Crippen molar-refractivity contribution in [1.82, 2.24) is 10.4 Å². The van der Waals surface area contributed by atoms with E-state index in [9.17, 15) is 22.8 Å². The molecule has 2 aliphatic rings. The zero-order valence-corrected chi connectivity index (χ0v) is 18.3. The topological polar surface area (TPSA) is 71.1 Å². The van der Waals surface area contributed by atoms with E-state index in [2.05, 4.69) is 10.2 Å². The molecule has 33 heavy (non-hydrogen) atoms. The van der Waals surface area contributed by atoms with E-state index < -0.39 is 29.6 Å². The number of benzene rings is 1. The van der Waals surface area contributed by atoms with Crippen LogP contribution in [0.2, 0.25) is 0 Å². The Morgan fingerprint density at radius 3 is 2.45 bits per heavy atom. The first-order valence-electron chi connectivity index (χ1n) is 10.1. The number of hydrogen-bond donors (Lipinski definition) is 1. The van der Waals surface area contributed by atoms with Crippen LogP contribution < -0.4 is 15.1 Å². The molecule has 0 saturated carbocycles. The average molecular weight is 463 g/mol. The van der Waals surface area contributed by atoms with Crippen molar-refractivity contribution in [3.8, 4) is 5.75 Å². The maximum atomic E-state index is 13.3. The molecule has 0 radical (unpaired) electrons. The zero-order chi connectivity index (χ0) is 24.2. The molecule has 1 fully saturated rings. The Hall–Kier alpha value is -3.53. The van der Waals surface area contributed by atoms with Crippen LogP contribution in [0, 0.1) is 0 Å². The van der Waals surface area contributed by atoms with Crippen LogP contribution in [0.3, 0.4) is 0 Å². The molecule has 176 valence electrons. The zero-order valence-electron chi connectivity index (χ0n) is 18.3. The third kappa shape index (κ3) is 5.46. The summed E-state index contributed by atoms with van der Waals surface area (Å²) in [6.45, 7) is 3.40. The predicted molar refractivity (Wildman–Crippen MR) is 116 cm³/mol. The van der Waals surface area contributed by atoms with Crippen LogP contribution >= 0.6 is 0 Å². The molecular formula is C23H24F3N3O4. The molecule has 1 aliphatic carbocycles. The van der Waals surface area contributed by atoms with Gasteiger partial charge < -0.3 is 9.64 Å². The SMILES string of the molecule is CON/C=C\C(CN1C(=O)N(c2ccc(OC(F)(F)F)cc2)C(=O)C1(C)C)=C1\C=CC=CC1. The molecule has 0 aromatic heterocycles. The van der Waals surface area contributed by atoms with E-state index in [4.69, 9.17) is 4.84 Å². The van der Waals surface area contributed by atoms with E-state index in [1.165, 1.54) is 24.1 Å². The molecule has 3 amide bonds. The first kappa shape index (κ1) is 24.1. The fourth-order valence-electron chi connectivity index (χ4n) is 3.51. The van der Waals surface area contributed by atoms with Crippen molar-refractivity contribution in [3.05, 3.63) is 72.0 Å². The van der Waals surface area contributed by atoms with Gasteiger partial charge in [0.25, 0.3) is 5.91 Å². The summed E-state index contributed by atoms with van der Waals surface area (Å²) in [5.74, 6) is -0.930. The number of ether oxygens (including phenoxy) is 1. The highest BCUT2D eigenvalue weighted by Gasteiger charge is 2.52. The second kappa shape index (κ2) is 9.53. The van der Waals surface area contributed by atoms with Crippen LogP contribution in [-0.2, 0) is 9.63 Å². The molecule has 0 bridgehead atoms. The monoisotopic (exact) mass is 463 g/mol. The number of rotatable bonds is 7. The Bertz CT molecular complexity index is 1020. The fraction of sp³-hybridized carbons (Fsp3) is 0.304. The smallest absolute Gasteiger partial charge is 0.406 e. The highest BCUT2D eigenvalue weighted by Crippen LogP contribution is 2.34. The van der Waals surface area contributed by atoms with Gasteiger partial charge in [-0.15, -0.1) is 13.2 Å². The van der Waals surface area contributed by atoms with Gasteiger partial charge in [-0.1, -0.05) is 24.3 Å². The van der Waals surface area contributed by atoms with Gasteiger partial charge in [-0.05, 0) is 61.8 Å². The third-order valence-electron chi connectivity index (χ3n) is 5.25. The Morgan fingerprint density at radius 2 is 1.88 bits per heavy atom. The number of nitrogens with zero attached hydrogens (tertiary/aromatic N) is 2. The van der Waals surface area contributed by atoms with Crippen molar-refractivity contribution in [1.29, 1.82) is 0 Å². The number of carbonyl (C=O) groups is 2. The normalized spacial score (nSPS) is 19.6. The van der Waals surface area contributed by atoms with Gasteiger partial charge in [0.1, 0.15) is 11.3 Å². The number of anilines is 1. The maximum absolute atomic E-state index is 13.3. The summed E-state index contributed by atoms with van der Waals surface area (Å²) in [6.07, 6.45) is 6.88. The third-order valence-corrected chi connectivity index (χ3v) is 5.25. The van der Waals surface area contributed by atoms with E-state index >= 15 is 0 Å². The van der Waals surface area contributed by atoms with Gasteiger partial charge in [-0.25, -0.2) is 9.69 Å². The van der Waals surface area contributed by atoms with Crippen molar-refractivity contribution in [2.75, 3.05) is 18.6 Å². The Kier molecular flexibility index (Phi) is 6.97. The van der Waals surface area contributed by atoms with Crippen LogP contribution in [0.15, 0.2) is 72.0 Å². The summed E-state index contributed by atoms with van der Waals surface area (Å²) in [6, 6.07) is 4.03. The van der Waals surface area contributed by atoms with E-state index in [1.807, 2.05) is 24.3 Å². The number of carbonyl (C=O) groups excluding carboxylic acids is 2. The fourth-order valence-corrected chi connectivity index (χ4v) is 3.51. The first-order valence-corrected chi connectivity index (χ1v) is 10.1. The van der Waals surface area contributed by atoms with Crippen molar-refractivity contribution < 1.29 is 32.3 Å². The van der Waals surface area contributed by atoms with Crippen molar-refractivity contribution in [3.63, 3.8) is 0 Å². The number of imide groups is 1. The number of allylic oxidation sites excluding steroid dienone is 5. The summed E-state index contributed by atoms with van der Waals surface area (Å²) < 4.78 is 41.1. The lowest BCUT2D eigenvalue weighted by molar-refractivity contribution is -0.274. The second-order valence-corrected chi connectivity index (χ2v) is 7.81. The van der Waals surface area contributed by atoms with Crippen molar-refractivity contribution >= 4 is 17.6 Å². The largest absolute Gasteiger partial charge is 0.573 e. The molecule has 10 heteroatoms. The summed E-state index contributed by atoms with van der Waals surface area (Å²) >= 11 is 0. The molecule has 0 unspecified atom stereocenters. The number of amides is 3. The summed E-state index contributed by atoms with van der Waals surface area (Å²) in [5, 5.41) is 0. The molecule has 0 spiro atoms. The van der Waals surface area contributed by atoms with Crippen LogP contribution in [0.5, 0.6) is 5.75 Å².